The lowest BCUT2D eigenvalue weighted by Crippen LogP contribution is -2.28. The first-order valence-electron chi connectivity index (χ1n) is 10.6. The van der Waals surface area contributed by atoms with E-state index in [0.717, 1.165) is 28.5 Å². The number of thiocarbonyl (C=S) groups is 1. The Morgan fingerprint density at radius 3 is 2.60 bits per heavy atom. The largest absolute Gasteiger partial charge is 0.493 e. The third kappa shape index (κ3) is 5.59. The number of benzene rings is 3. The molecule has 0 aliphatic carbocycles. The average molecular weight is 526 g/mol. The molecule has 1 aliphatic heterocycles. The summed E-state index contributed by atoms with van der Waals surface area (Å²) in [5, 5.41) is 0.656. The predicted molar refractivity (Wildman–Crippen MR) is 145 cm³/mol. The highest BCUT2D eigenvalue weighted by Crippen LogP contribution is 2.39. The first-order chi connectivity index (χ1) is 16.9. The van der Waals surface area contributed by atoms with Gasteiger partial charge in [-0.3, -0.25) is 9.69 Å². The highest BCUT2D eigenvalue weighted by Gasteiger charge is 2.34. The summed E-state index contributed by atoms with van der Waals surface area (Å²) in [6.07, 6.45) is 4.02. The van der Waals surface area contributed by atoms with E-state index in [9.17, 15) is 9.18 Å². The molecular weight excluding hydrogens is 505 g/mol. The topological polar surface area (TPSA) is 38.8 Å². The van der Waals surface area contributed by atoms with Gasteiger partial charge in [-0.2, -0.15) is 0 Å². The van der Waals surface area contributed by atoms with Crippen LogP contribution >= 0.6 is 35.6 Å². The third-order valence-electron chi connectivity index (χ3n) is 5.22. The fourth-order valence-corrected chi connectivity index (χ4v) is 5.00. The minimum absolute atomic E-state index is 0.134. The fraction of sp³-hybridized carbons (Fsp3) is 0.111. The van der Waals surface area contributed by atoms with Gasteiger partial charge in [0.2, 0.25) is 0 Å². The number of amides is 1. The Labute approximate surface area is 218 Å². The first kappa shape index (κ1) is 25.0. The van der Waals surface area contributed by atoms with Crippen molar-refractivity contribution in [2.24, 2.45) is 0 Å². The average Bonchev–Trinajstić information content (AvgIpc) is 3.12. The lowest BCUT2D eigenvalue weighted by Gasteiger charge is -2.16. The van der Waals surface area contributed by atoms with E-state index in [0.29, 0.717) is 34.5 Å². The molecule has 1 aliphatic rings. The number of rotatable bonds is 8. The highest BCUT2D eigenvalue weighted by molar-refractivity contribution is 8.27. The molecule has 0 unspecified atom stereocenters. The number of para-hydroxylation sites is 1. The van der Waals surface area contributed by atoms with E-state index in [2.05, 4.69) is 6.58 Å². The molecule has 4 rings (SSSR count). The van der Waals surface area contributed by atoms with E-state index in [1.54, 1.807) is 37.5 Å². The molecule has 0 radical (unpaired) electrons. The number of thioether (sulfide) groups is 1. The Bertz CT molecular complexity index is 1320. The van der Waals surface area contributed by atoms with Crippen LogP contribution in [0.1, 0.15) is 16.7 Å². The minimum Gasteiger partial charge on any atom is -0.493 e. The van der Waals surface area contributed by atoms with Crippen LogP contribution in [0, 0.1) is 5.82 Å². The summed E-state index contributed by atoms with van der Waals surface area (Å²) < 4.78 is 26.3. The Balaban J connectivity index is 1.65. The summed E-state index contributed by atoms with van der Waals surface area (Å²) in [6, 6.07) is 17.2. The van der Waals surface area contributed by atoms with Crippen LogP contribution in [0.2, 0.25) is 5.02 Å². The van der Waals surface area contributed by atoms with Gasteiger partial charge in [0.05, 0.1) is 17.7 Å². The van der Waals surface area contributed by atoms with Crippen LogP contribution in [0.5, 0.6) is 11.5 Å². The van der Waals surface area contributed by atoms with Crippen molar-refractivity contribution in [2.45, 2.75) is 13.0 Å². The van der Waals surface area contributed by atoms with Crippen molar-refractivity contribution in [3.63, 3.8) is 0 Å². The number of anilines is 1. The molecule has 1 heterocycles. The highest BCUT2D eigenvalue weighted by atomic mass is 35.5. The van der Waals surface area contributed by atoms with E-state index in [1.807, 2.05) is 30.3 Å². The molecule has 0 bridgehead atoms. The van der Waals surface area contributed by atoms with Crippen LogP contribution in [-0.2, 0) is 17.8 Å². The quantitative estimate of drug-likeness (QED) is 0.177. The van der Waals surface area contributed by atoms with Gasteiger partial charge in [-0.1, -0.05) is 65.9 Å². The van der Waals surface area contributed by atoms with Gasteiger partial charge >= 0.3 is 0 Å². The molecule has 4 nitrogen and oxygen atoms in total. The summed E-state index contributed by atoms with van der Waals surface area (Å²) in [6.45, 7) is 4.17. The molecule has 1 fully saturated rings. The summed E-state index contributed by atoms with van der Waals surface area (Å²) >= 11 is 12.5. The molecular formula is C27H21ClFNO3S2. The van der Waals surface area contributed by atoms with Crippen molar-refractivity contribution >= 4 is 57.6 Å². The molecule has 178 valence electrons. The van der Waals surface area contributed by atoms with Gasteiger partial charge in [0, 0.05) is 10.6 Å². The van der Waals surface area contributed by atoms with Crippen molar-refractivity contribution in [3.8, 4) is 11.5 Å². The second kappa shape index (κ2) is 11.1. The maximum Gasteiger partial charge on any atom is 0.270 e. The first-order valence-corrected chi connectivity index (χ1v) is 12.2. The van der Waals surface area contributed by atoms with Crippen molar-refractivity contribution in [1.82, 2.24) is 0 Å². The SMILES string of the molecule is C=CCc1cc(/C=C2/SC(=S)N(c3ccccc3F)C2=O)cc(OC)c1OCc1ccc(Cl)cc1. The van der Waals surface area contributed by atoms with Gasteiger partial charge in [-0.15, -0.1) is 6.58 Å². The van der Waals surface area contributed by atoms with Gasteiger partial charge in [0.15, 0.2) is 15.8 Å². The summed E-state index contributed by atoms with van der Waals surface area (Å²) in [4.78, 5) is 14.7. The van der Waals surface area contributed by atoms with Crippen LogP contribution in [0.3, 0.4) is 0 Å². The molecule has 1 amide bonds. The van der Waals surface area contributed by atoms with Gasteiger partial charge in [0.25, 0.3) is 5.91 Å². The van der Waals surface area contributed by atoms with Crippen molar-refractivity contribution in [3.05, 3.63) is 106 Å². The zero-order chi connectivity index (χ0) is 24.9. The number of nitrogens with zero attached hydrogens (tertiary/aromatic N) is 1. The Morgan fingerprint density at radius 1 is 1.17 bits per heavy atom. The van der Waals surface area contributed by atoms with Gasteiger partial charge in [-0.25, -0.2) is 4.39 Å². The van der Waals surface area contributed by atoms with Gasteiger partial charge in [0.1, 0.15) is 12.4 Å². The standard InChI is InChI=1S/C27H21ClFNO3S2/c1-3-6-19-13-18(14-23(32-2)25(19)33-16-17-9-11-20(28)12-10-17)15-24-26(31)30(27(34)35-24)22-8-5-4-7-21(22)29/h3-5,7-15H,1,6,16H2,2H3/b24-15+. The second-order valence-corrected chi connectivity index (χ2v) is 9.70. The molecule has 0 atom stereocenters. The number of hydrogen-bond donors (Lipinski definition) is 0. The molecule has 0 saturated carbocycles. The van der Waals surface area contributed by atoms with Crippen molar-refractivity contribution in [1.29, 1.82) is 0 Å². The monoisotopic (exact) mass is 525 g/mol. The number of ether oxygens (including phenoxy) is 2. The molecule has 35 heavy (non-hydrogen) atoms. The predicted octanol–water partition coefficient (Wildman–Crippen LogP) is 7.20. The second-order valence-electron chi connectivity index (χ2n) is 7.59. The van der Waals surface area contributed by atoms with Crippen LogP contribution in [-0.4, -0.2) is 17.3 Å². The number of carbonyl (C=O) groups excluding carboxylic acids is 1. The Hall–Kier alpha value is -3.13. The van der Waals surface area contributed by atoms with Crippen LogP contribution in [0.15, 0.2) is 78.2 Å². The van der Waals surface area contributed by atoms with Crippen LogP contribution in [0.4, 0.5) is 10.1 Å². The Kier molecular flexibility index (Phi) is 7.90. The van der Waals surface area contributed by atoms with Crippen LogP contribution in [0.25, 0.3) is 6.08 Å². The van der Waals surface area contributed by atoms with E-state index in [1.165, 1.54) is 17.0 Å². The molecule has 0 N–H and O–H groups in total. The van der Waals surface area contributed by atoms with Crippen molar-refractivity contribution < 1.29 is 18.7 Å². The summed E-state index contributed by atoms with van der Waals surface area (Å²) in [7, 11) is 1.56. The van der Waals surface area contributed by atoms with Crippen molar-refractivity contribution in [2.75, 3.05) is 12.0 Å². The number of methoxy groups -OCH3 is 1. The van der Waals surface area contributed by atoms with Gasteiger partial charge < -0.3 is 9.47 Å². The van der Waals surface area contributed by atoms with Gasteiger partial charge in [-0.05, 0) is 60.0 Å². The maximum absolute atomic E-state index is 14.3. The number of carbonyl (C=O) groups is 1. The molecule has 0 aromatic heterocycles. The zero-order valence-electron chi connectivity index (χ0n) is 18.8. The molecule has 3 aromatic rings. The number of allylic oxidation sites excluding steroid dienone is 1. The van der Waals surface area contributed by atoms with E-state index >= 15 is 0 Å². The Morgan fingerprint density at radius 2 is 1.91 bits per heavy atom. The lowest BCUT2D eigenvalue weighted by molar-refractivity contribution is -0.113. The van der Waals surface area contributed by atoms with E-state index in [-0.39, 0.29) is 15.9 Å². The zero-order valence-corrected chi connectivity index (χ0v) is 21.2. The lowest BCUT2D eigenvalue weighted by atomic mass is 10.0. The molecule has 3 aromatic carbocycles. The number of halogens is 2. The van der Waals surface area contributed by atoms with E-state index in [4.69, 9.17) is 33.3 Å². The summed E-state index contributed by atoms with van der Waals surface area (Å²) in [5.41, 5.74) is 2.67. The fourth-order valence-electron chi connectivity index (χ4n) is 3.59. The molecule has 0 spiro atoms. The smallest absolute Gasteiger partial charge is 0.270 e. The molecule has 1 saturated heterocycles. The van der Waals surface area contributed by atoms with E-state index < -0.39 is 5.82 Å². The van der Waals surface area contributed by atoms with Crippen LogP contribution < -0.4 is 14.4 Å². The summed E-state index contributed by atoms with van der Waals surface area (Å²) in [5.74, 6) is 0.229. The molecule has 8 heteroatoms. The normalized spacial score (nSPS) is 14.5. The number of hydrogen-bond acceptors (Lipinski definition) is 5. The maximum atomic E-state index is 14.3. The minimum atomic E-state index is -0.512. The third-order valence-corrected chi connectivity index (χ3v) is 6.77.